The molecule has 6 heterocycles. The van der Waals surface area contributed by atoms with E-state index in [2.05, 4.69) is 25.1 Å². The summed E-state index contributed by atoms with van der Waals surface area (Å²) in [6.07, 6.45) is 14.1. The second kappa shape index (κ2) is 8.22. The van der Waals surface area contributed by atoms with Gasteiger partial charge in [-0.1, -0.05) is 0 Å². The van der Waals surface area contributed by atoms with Crippen LogP contribution in [0, 0.1) is 5.82 Å². The molecule has 0 saturated carbocycles. The van der Waals surface area contributed by atoms with Gasteiger partial charge in [-0.15, -0.1) is 0 Å². The molecule has 1 aliphatic rings. The van der Waals surface area contributed by atoms with Crippen LogP contribution in [0.4, 0.5) is 10.2 Å². The van der Waals surface area contributed by atoms with E-state index in [0.717, 1.165) is 42.0 Å². The van der Waals surface area contributed by atoms with E-state index in [0.29, 0.717) is 17.1 Å². The molecule has 1 atom stereocenters. The minimum absolute atomic E-state index is 0.153. The summed E-state index contributed by atoms with van der Waals surface area (Å²) in [6, 6.07) is 6.72. The van der Waals surface area contributed by atoms with E-state index < -0.39 is 0 Å². The summed E-state index contributed by atoms with van der Waals surface area (Å²) in [4.78, 5) is 15.5. The van der Waals surface area contributed by atoms with Gasteiger partial charge in [-0.3, -0.25) is 9.97 Å². The largest absolute Gasteiger partial charge is 0.495 e. The molecule has 0 amide bonds. The Bertz CT molecular complexity index is 1480. The number of ether oxygens (including phenoxy) is 1. The first-order valence-corrected chi connectivity index (χ1v) is 11.0. The van der Waals surface area contributed by atoms with Crippen molar-refractivity contribution in [2.75, 3.05) is 18.6 Å². The summed E-state index contributed by atoms with van der Waals surface area (Å²) in [5.41, 5.74) is 3.64. The Kier molecular flexibility index (Phi) is 4.90. The first-order valence-electron chi connectivity index (χ1n) is 11.0. The van der Waals surface area contributed by atoms with E-state index in [1.54, 1.807) is 53.4 Å². The molecule has 0 spiro atoms. The smallest absolute Gasteiger partial charge is 0.183 e. The lowest BCUT2D eigenvalue weighted by molar-refractivity contribution is 0.413. The molecule has 0 bridgehead atoms. The quantitative estimate of drug-likeness (QED) is 0.397. The number of fused-ring (bicyclic) bond motifs is 1. The first kappa shape index (κ1) is 20.3. The van der Waals surface area contributed by atoms with E-state index in [1.165, 1.54) is 6.07 Å². The molecule has 1 fully saturated rings. The Labute approximate surface area is 194 Å². The van der Waals surface area contributed by atoms with Crippen molar-refractivity contribution in [3.8, 4) is 22.6 Å². The topological polar surface area (TPSA) is 86.3 Å². The fourth-order valence-corrected chi connectivity index (χ4v) is 4.43. The summed E-state index contributed by atoms with van der Waals surface area (Å²) < 4.78 is 23.2. The number of hydrogen-bond donors (Lipinski definition) is 0. The van der Waals surface area contributed by atoms with Crippen molar-refractivity contribution in [2.45, 2.75) is 18.9 Å². The zero-order valence-electron chi connectivity index (χ0n) is 18.4. The van der Waals surface area contributed by atoms with E-state index in [4.69, 9.17) is 9.72 Å². The maximum absolute atomic E-state index is 14.5. The van der Waals surface area contributed by atoms with Crippen LogP contribution in [-0.4, -0.2) is 48.0 Å². The van der Waals surface area contributed by atoms with Gasteiger partial charge in [-0.25, -0.2) is 18.6 Å². The number of anilines is 1. The van der Waals surface area contributed by atoms with Gasteiger partial charge in [0.05, 0.1) is 37.4 Å². The highest BCUT2D eigenvalue weighted by Crippen LogP contribution is 2.35. The fraction of sp³-hybridized carbons (Fsp3) is 0.208. The van der Waals surface area contributed by atoms with Crippen LogP contribution in [0.5, 0.6) is 5.75 Å². The highest BCUT2D eigenvalue weighted by molar-refractivity contribution is 5.65. The molecule has 1 aliphatic heterocycles. The normalized spacial score (nSPS) is 15.8. The maximum Gasteiger partial charge on any atom is 0.183 e. The maximum atomic E-state index is 14.5. The lowest BCUT2D eigenvalue weighted by atomic mass is 10.1. The number of hydrogen-bond acceptors (Lipinski definition) is 7. The van der Waals surface area contributed by atoms with Crippen molar-refractivity contribution in [3.05, 3.63) is 79.2 Å². The minimum atomic E-state index is -0.290. The van der Waals surface area contributed by atoms with Crippen LogP contribution in [0.15, 0.2) is 67.6 Å². The predicted octanol–water partition coefficient (Wildman–Crippen LogP) is 3.86. The molecule has 0 aliphatic carbocycles. The molecule has 6 rings (SSSR count). The van der Waals surface area contributed by atoms with Gasteiger partial charge < -0.3 is 9.64 Å². The Morgan fingerprint density at radius 2 is 2.03 bits per heavy atom. The Balaban J connectivity index is 1.36. The summed E-state index contributed by atoms with van der Waals surface area (Å²) in [5, 5.41) is 8.96. The van der Waals surface area contributed by atoms with Gasteiger partial charge in [-0.05, 0) is 37.1 Å². The third-order valence-corrected chi connectivity index (χ3v) is 6.10. The molecule has 1 saturated heterocycles. The van der Waals surface area contributed by atoms with Gasteiger partial charge in [0.25, 0.3) is 0 Å². The van der Waals surface area contributed by atoms with Crippen LogP contribution in [0.2, 0.25) is 0 Å². The van der Waals surface area contributed by atoms with Crippen LogP contribution in [0.3, 0.4) is 0 Å². The summed E-state index contributed by atoms with van der Waals surface area (Å²) in [6.45, 7) is 0.780. The number of pyridine rings is 2. The van der Waals surface area contributed by atoms with Crippen LogP contribution in [0.1, 0.15) is 24.6 Å². The highest BCUT2D eigenvalue weighted by Gasteiger charge is 2.30. The average molecular weight is 456 g/mol. The highest BCUT2D eigenvalue weighted by atomic mass is 19.1. The van der Waals surface area contributed by atoms with Gasteiger partial charge in [0, 0.05) is 42.5 Å². The lowest BCUT2D eigenvalue weighted by Gasteiger charge is -2.25. The van der Waals surface area contributed by atoms with E-state index in [1.807, 2.05) is 24.5 Å². The molecule has 0 unspecified atom stereocenters. The van der Waals surface area contributed by atoms with Crippen molar-refractivity contribution >= 4 is 11.5 Å². The molecule has 34 heavy (non-hydrogen) atoms. The predicted molar refractivity (Wildman–Crippen MR) is 123 cm³/mol. The Morgan fingerprint density at radius 3 is 2.91 bits per heavy atom. The lowest BCUT2D eigenvalue weighted by Crippen LogP contribution is -2.25. The molecule has 170 valence electrons. The second-order valence-corrected chi connectivity index (χ2v) is 8.09. The average Bonchev–Trinajstić information content (AvgIpc) is 3.63. The van der Waals surface area contributed by atoms with Gasteiger partial charge >= 0.3 is 0 Å². The van der Waals surface area contributed by atoms with Crippen LogP contribution in [-0.2, 0) is 0 Å². The standard InChI is InChI=1S/C24H21FN8O/c1-34-18-10-16(11-26-13-18)17-12-28-33(15-17)21-14-29-32-9-6-22(30-24(21)32)31-8-3-5-20(31)23-19(25)4-2-7-27-23/h2,4,6-7,9-15,20H,3,5,8H2,1H3/t20-/m1/s1. The van der Waals surface area contributed by atoms with Gasteiger partial charge in [0.15, 0.2) is 5.65 Å². The molecule has 10 heteroatoms. The number of methoxy groups -OCH3 is 1. The molecule has 9 nitrogen and oxygen atoms in total. The van der Waals surface area contributed by atoms with Crippen molar-refractivity contribution in [1.29, 1.82) is 0 Å². The van der Waals surface area contributed by atoms with Crippen LogP contribution < -0.4 is 9.64 Å². The van der Waals surface area contributed by atoms with E-state index in [-0.39, 0.29) is 11.9 Å². The SMILES string of the molecule is COc1cncc(-c2cnn(-c3cnn4ccc(N5CCC[C@@H]5c5ncccc5F)nc34)c2)c1. The second-order valence-electron chi connectivity index (χ2n) is 8.09. The summed E-state index contributed by atoms with van der Waals surface area (Å²) >= 11 is 0. The summed E-state index contributed by atoms with van der Waals surface area (Å²) in [7, 11) is 1.61. The Hall–Kier alpha value is -4.34. The van der Waals surface area contributed by atoms with Crippen LogP contribution in [0.25, 0.3) is 22.5 Å². The third kappa shape index (κ3) is 3.43. The first-order chi connectivity index (χ1) is 16.7. The van der Waals surface area contributed by atoms with Crippen molar-refractivity contribution in [1.82, 2.24) is 34.3 Å². The zero-order valence-corrected chi connectivity index (χ0v) is 18.4. The van der Waals surface area contributed by atoms with Crippen molar-refractivity contribution < 1.29 is 9.13 Å². The molecule has 5 aromatic rings. The number of halogens is 1. The number of nitrogens with zero attached hydrogens (tertiary/aromatic N) is 8. The van der Waals surface area contributed by atoms with Gasteiger partial charge in [0.2, 0.25) is 0 Å². The fourth-order valence-electron chi connectivity index (χ4n) is 4.43. The van der Waals surface area contributed by atoms with Crippen molar-refractivity contribution in [2.24, 2.45) is 0 Å². The monoisotopic (exact) mass is 456 g/mol. The van der Waals surface area contributed by atoms with Crippen molar-refractivity contribution in [3.63, 3.8) is 0 Å². The Morgan fingerprint density at radius 1 is 1.09 bits per heavy atom. The van der Waals surface area contributed by atoms with Gasteiger partial charge in [0.1, 0.15) is 23.1 Å². The molecular formula is C24H21FN8O. The molecule has 0 radical (unpaired) electrons. The van der Waals surface area contributed by atoms with E-state index >= 15 is 0 Å². The zero-order chi connectivity index (χ0) is 23.1. The van der Waals surface area contributed by atoms with Crippen LogP contribution >= 0.6 is 0 Å². The summed E-state index contributed by atoms with van der Waals surface area (Å²) in [5.74, 6) is 1.14. The minimum Gasteiger partial charge on any atom is -0.495 e. The van der Waals surface area contributed by atoms with Gasteiger partial charge in [-0.2, -0.15) is 10.2 Å². The molecule has 0 aromatic carbocycles. The molecule has 0 N–H and O–H groups in total. The number of aromatic nitrogens is 7. The van der Waals surface area contributed by atoms with E-state index in [9.17, 15) is 4.39 Å². The third-order valence-electron chi connectivity index (χ3n) is 6.10. The molecule has 5 aromatic heterocycles. The molecular weight excluding hydrogens is 435 g/mol. The number of rotatable bonds is 5.